The highest BCUT2D eigenvalue weighted by atomic mass is 16.4. The molecule has 2 aromatic rings. The Labute approximate surface area is 65.7 Å². The molecule has 5 nitrogen and oxygen atoms in total. The van der Waals surface area contributed by atoms with E-state index in [-0.39, 0.29) is 5.58 Å². The van der Waals surface area contributed by atoms with Gasteiger partial charge in [0.1, 0.15) is 0 Å². The molecule has 60 valence electrons. The third kappa shape index (κ3) is 0.914. The number of rotatable bonds is 0. The van der Waals surface area contributed by atoms with Crippen molar-refractivity contribution >= 4 is 11.0 Å². The van der Waals surface area contributed by atoms with Gasteiger partial charge in [-0.1, -0.05) is 0 Å². The average molecular weight is 164 g/mol. The highest BCUT2D eigenvalue weighted by molar-refractivity contribution is 5.73. The lowest BCUT2D eigenvalue weighted by Crippen LogP contribution is -2.17. The lowest BCUT2D eigenvalue weighted by molar-refractivity contribution is 0.527. The number of hydrogen-bond acceptors (Lipinski definition) is 4. The predicted octanol–water partition coefficient (Wildman–Crippen LogP) is -0.124. The molecule has 0 saturated carbocycles. The topological polar surface area (TPSA) is 76.0 Å². The summed E-state index contributed by atoms with van der Waals surface area (Å²) in [6, 6.07) is 1.48. The zero-order chi connectivity index (χ0) is 8.55. The largest absolute Gasteiger partial charge is 0.419 e. The zero-order valence-corrected chi connectivity index (χ0v) is 5.90. The van der Waals surface area contributed by atoms with Gasteiger partial charge in [0.15, 0.2) is 5.58 Å². The van der Waals surface area contributed by atoms with Crippen molar-refractivity contribution in [3.63, 3.8) is 0 Å². The highest BCUT2D eigenvalue weighted by Crippen LogP contribution is 2.01. The second-order valence-electron chi connectivity index (χ2n) is 2.22. The molecule has 2 aromatic heterocycles. The molecule has 0 saturated heterocycles. The van der Waals surface area contributed by atoms with E-state index in [4.69, 9.17) is 0 Å². The molecule has 0 radical (unpaired) electrons. The van der Waals surface area contributed by atoms with Gasteiger partial charge in [-0.15, -0.1) is 0 Å². The molecule has 0 unspecified atom stereocenters. The fraction of sp³-hybridized carbons (Fsp3) is 0. The van der Waals surface area contributed by atoms with Crippen LogP contribution in [0.25, 0.3) is 11.0 Å². The van der Waals surface area contributed by atoms with Crippen molar-refractivity contribution in [3.05, 3.63) is 39.4 Å². The molecular formula is C7H4N2O3. The number of nitrogens with one attached hydrogen (secondary N) is 1. The number of H-pyrrole nitrogens is 1. The summed E-state index contributed by atoms with van der Waals surface area (Å²) >= 11 is 0. The van der Waals surface area contributed by atoms with Crippen LogP contribution in [0.4, 0.5) is 0 Å². The third-order valence-electron chi connectivity index (χ3n) is 1.45. The summed E-state index contributed by atoms with van der Waals surface area (Å²) in [6.45, 7) is 0. The van der Waals surface area contributed by atoms with E-state index in [9.17, 15) is 9.59 Å². The Morgan fingerprint density at radius 1 is 1.42 bits per heavy atom. The van der Waals surface area contributed by atoms with Crippen LogP contribution in [0.1, 0.15) is 0 Å². The van der Waals surface area contributed by atoms with E-state index in [1.165, 1.54) is 18.5 Å². The van der Waals surface area contributed by atoms with Gasteiger partial charge in [-0.3, -0.25) is 14.8 Å². The zero-order valence-electron chi connectivity index (χ0n) is 5.90. The Morgan fingerprint density at radius 3 is 3.08 bits per heavy atom. The number of hydrogen-bond donors (Lipinski definition) is 1. The van der Waals surface area contributed by atoms with Gasteiger partial charge in [-0.25, -0.2) is 4.79 Å². The first-order valence-electron chi connectivity index (χ1n) is 3.24. The van der Waals surface area contributed by atoms with Gasteiger partial charge < -0.3 is 4.42 Å². The van der Waals surface area contributed by atoms with E-state index in [1.54, 1.807) is 0 Å². The summed E-state index contributed by atoms with van der Waals surface area (Å²) in [5.74, 6) is -0.763. The first kappa shape index (κ1) is 6.78. The summed E-state index contributed by atoms with van der Waals surface area (Å²) < 4.78 is 4.67. The van der Waals surface area contributed by atoms with Crippen LogP contribution in [-0.2, 0) is 0 Å². The molecule has 0 aromatic carbocycles. The van der Waals surface area contributed by atoms with Crippen molar-refractivity contribution in [2.24, 2.45) is 0 Å². The molecule has 0 fully saturated rings. The standard InChI is InChI=1S/C7H4N2O3/c10-6-4-1-2-8-3-5(4)12-7(11)9-6/h1-3H,(H,9,10,11). The van der Waals surface area contributed by atoms with Crippen molar-refractivity contribution in [1.82, 2.24) is 9.97 Å². The lowest BCUT2D eigenvalue weighted by Gasteiger charge is -1.90. The minimum Gasteiger partial charge on any atom is -0.408 e. The molecule has 12 heavy (non-hydrogen) atoms. The Kier molecular flexibility index (Phi) is 1.30. The molecular weight excluding hydrogens is 160 g/mol. The average Bonchev–Trinajstić information content (AvgIpc) is 2.04. The maximum atomic E-state index is 11.1. The summed E-state index contributed by atoms with van der Waals surface area (Å²) in [4.78, 5) is 27.4. The molecule has 0 spiro atoms. The summed E-state index contributed by atoms with van der Waals surface area (Å²) in [6.07, 6.45) is 2.78. The smallest absolute Gasteiger partial charge is 0.408 e. The second kappa shape index (κ2) is 2.30. The van der Waals surface area contributed by atoms with Crippen molar-refractivity contribution in [2.75, 3.05) is 0 Å². The predicted molar refractivity (Wildman–Crippen MR) is 40.9 cm³/mol. The normalized spacial score (nSPS) is 10.3. The Balaban J connectivity index is 3.09. The second-order valence-corrected chi connectivity index (χ2v) is 2.22. The van der Waals surface area contributed by atoms with E-state index < -0.39 is 11.3 Å². The van der Waals surface area contributed by atoms with Gasteiger partial charge in [-0.2, -0.15) is 0 Å². The van der Waals surface area contributed by atoms with Crippen molar-refractivity contribution < 1.29 is 4.42 Å². The molecule has 0 bridgehead atoms. The van der Waals surface area contributed by atoms with Gasteiger partial charge in [-0.05, 0) is 6.07 Å². The van der Waals surface area contributed by atoms with Gasteiger partial charge in [0.2, 0.25) is 0 Å². The molecule has 0 atom stereocenters. The number of pyridine rings is 1. The van der Waals surface area contributed by atoms with E-state index in [2.05, 4.69) is 9.40 Å². The number of aromatic amines is 1. The SMILES string of the molecule is O=c1[nH]c(=O)c2ccncc2o1. The van der Waals surface area contributed by atoms with Crippen LogP contribution in [0.3, 0.4) is 0 Å². The van der Waals surface area contributed by atoms with Crippen LogP contribution in [-0.4, -0.2) is 9.97 Å². The van der Waals surface area contributed by atoms with Crippen LogP contribution in [0.15, 0.2) is 32.5 Å². The highest BCUT2D eigenvalue weighted by Gasteiger charge is 1.99. The Bertz CT molecular complexity index is 526. The monoisotopic (exact) mass is 164 g/mol. The molecule has 2 rings (SSSR count). The molecule has 0 amide bonds. The van der Waals surface area contributed by atoms with E-state index in [0.29, 0.717) is 5.39 Å². The van der Waals surface area contributed by atoms with Crippen molar-refractivity contribution in [1.29, 1.82) is 0 Å². The summed E-state index contributed by atoms with van der Waals surface area (Å²) in [5.41, 5.74) is -0.255. The minimum absolute atomic E-state index is 0.200. The molecule has 5 heteroatoms. The number of fused-ring (bicyclic) bond motifs is 1. The van der Waals surface area contributed by atoms with E-state index in [1.807, 2.05) is 4.98 Å². The van der Waals surface area contributed by atoms with Crippen molar-refractivity contribution in [2.45, 2.75) is 0 Å². The van der Waals surface area contributed by atoms with Crippen LogP contribution >= 0.6 is 0 Å². The minimum atomic E-state index is -0.763. The quantitative estimate of drug-likeness (QED) is 0.588. The maximum Gasteiger partial charge on any atom is 0.419 e. The van der Waals surface area contributed by atoms with E-state index in [0.717, 1.165) is 0 Å². The third-order valence-corrected chi connectivity index (χ3v) is 1.45. The van der Waals surface area contributed by atoms with Gasteiger partial charge >= 0.3 is 5.76 Å². The summed E-state index contributed by atoms with van der Waals surface area (Å²) in [5, 5.41) is 0.324. The fourth-order valence-electron chi connectivity index (χ4n) is 0.934. The fourth-order valence-corrected chi connectivity index (χ4v) is 0.934. The number of nitrogens with zero attached hydrogens (tertiary/aromatic N) is 1. The van der Waals surface area contributed by atoms with Crippen LogP contribution in [0, 0.1) is 0 Å². The van der Waals surface area contributed by atoms with Gasteiger partial charge in [0.05, 0.1) is 11.6 Å². The molecule has 1 N–H and O–H groups in total. The number of aromatic nitrogens is 2. The molecule has 0 aliphatic carbocycles. The van der Waals surface area contributed by atoms with E-state index >= 15 is 0 Å². The maximum absolute atomic E-state index is 11.1. The van der Waals surface area contributed by atoms with Gasteiger partial charge in [0.25, 0.3) is 5.56 Å². The Hall–Kier alpha value is -1.91. The van der Waals surface area contributed by atoms with Crippen molar-refractivity contribution in [3.8, 4) is 0 Å². The molecule has 0 aliphatic heterocycles. The first-order chi connectivity index (χ1) is 5.77. The molecule has 0 aliphatic rings. The van der Waals surface area contributed by atoms with Crippen LogP contribution in [0.2, 0.25) is 0 Å². The van der Waals surface area contributed by atoms with Crippen LogP contribution in [0.5, 0.6) is 0 Å². The lowest BCUT2D eigenvalue weighted by atomic mass is 10.3. The summed E-state index contributed by atoms with van der Waals surface area (Å²) in [7, 11) is 0. The Morgan fingerprint density at radius 2 is 2.25 bits per heavy atom. The molecule has 2 heterocycles. The van der Waals surface area contributed by atoms with Gasteiger partial charge in [0, 0.05) is 6.20 Å². The van der Waals surface area contributed by atoms with Crippen LogP contribution < -0.4 is 11.3 Å². The first-order valence-corrected chi connectivity index (χ1v) is 3.24.